The lowest BCUT2D eigenvalue weighted by Crippen LogP contribution is -1.91. The van der Waals surface area contributed by atoms with Crippen molar-refractivity contribution in [3.05, 3.63) is 18.0 Å². The third-order valence-electron chi connectivity index (χ3n) is 2.30. The van der Waals surface area contributed by atoms with Gasteiger partial charge in [0.05, 0.1) is 5.52 Å². The Morgan fingerprint density at radius 2 is 2.21 bits per heavy atom. The predicted octanol–water partition coefficient (Wildman–Crippen LogP) is 2.12. The second kappa shape index (κ2) is 3.29. The number of nitrogens with one attached hydrogen (secondary N) is 2. The van der Waals surface area contributed by atoms with E-state index in [0.717, 1.165) is 22.4 Å². The standard InChI is InChI=1S/C10H14N4/c1-6(2)10-7-5-12-9(11-3)4-8(7)13-14-10/h4-6H,1-3H3,(H,11,12)(H,13,14). The molecule has 0 saturated heterocycles. The van der Waals surface area contributed by atoms with Gasteiger partial charge in [0.2, 0.25) is 0 Å². The van der Waals surface area contributed by atoms with Gasteiger partial charge in [-0.3, -0.25) is 5.10 Å². The van der Waals surface area contributed by atoms with Crippen LogP contribution in [0.5, 0.6) is 0 Å². The third-order valence-corrected chi connectivity index (χ3v) is 2.30. The van der Waals surface area contributed by atoms with Crippen LogP contribution in [-0.4, -0.2) is 22.2 Å². The Morgan fingerprint density at radius 1 is 1.43 bits per heavy atom. The van der Waals surface area contributed by atoms with Gasteiger partial charge in [-0.15, -0.1) is 0 Å². The molecule has 2 aromatic rings. The van der Waals surface area contributed by atoms with E-state index in [1.54, 1.807) is 0 Å². The van der Waals surface area contributed by atoms with Crippen molar-refractivity contribution in [3.8, 4) is 0 Å². The number of anilines is 1. The summed E-state index contributed by atoms with van der Waals surface area (Å²) in [4.78, 5) is 4.27. The number of pyridine rings is 1. The molecule has 0 aliphatic heterocycles. The zero-order valence-corrected chi connectivity index (χ0v) is 8.63. The molecule has 0 bridgehead atoms. The summed E-state index contributed by atoms with van der Waals surface area (Å²) in [6, 6.07) is 1.94. The zero-order chi connectivity index (χ0) is 10.1. The molecule has 0 aliphatic rings. The average Bonchev–Trinajstić information content (AvgIpc) is 2.59. The fourth-order valence-electron chi connectivity index (χ4n) is 1.50. The summed E-state index contributed by atoms with van der Waals surface area (Å²) in [7, 11) is 1.85. The molecule has 0 saturated carbocycles. The monoisotopic (exact) mass is 190 g/mol. The first-order valence-electron chi connectivity index (χ1n) is 4.74. The minimum atomic E-state index is 0.447. The fourth-order valence-corrected chi connectivity index (χ4v) is 1.50. The van der Waals surface area contributed by atoms with Gasteiger partial charge in [-0.25, -0.2) is 4.98 Å². The Hall–Kier alpha value is -1.58. The molecule has 2 heterocycles. The molecule has 0 aromatic carbocycles. The molecule has 74 valence electrons. The first kappa shape index (κ1) is 8.99. The molecular weight excluding hydrogens is 176 g/mol. The number of H-pyrrole nitrogens is 1. The van der Waals surface area contributed by atoms with Gasteiger partial charge >= 0.3 is 0 Å². The minimum absolute atomic E-state index is 0.447. The number of aromatic amines is 1. The number of nitrogens with zero attached hydrogens (tertiary/aromatic N) is 2. The smallest absolute Gasteiger partial charge is 0.127 e. The minimum Gasteiger partial charge on any atom is -0.373 e. The Morgan fingerprint density at radius 3 is 2.86 bits per heavy atom. The summed E-state index contributed by atoms with van der Waals surface area (Å²) >= 11 is 0. The highest BCUT2D eigenvalue weighted by atomic mass is 15.1. The fraction of sp³-hybridized carbons (Fsp3) is 0.400. The van der Waals surface area contributed by atoms with Crippen molar-refractivity contribution < 1.29 is 0 Å². The van der Waals surface area contributed by atoms with Crippen molar-refractivity contribution in [3.63, 3.8) is 0 Å². The van der Waals surface area contributed by atoms with Gasteiger partial charge in [-0.2, -0.15) is 5.10 Å². The highest BCUT2D eigenvalue weighted by molar-refractivity contribution is 5.82. The molecule has 14 heavy (non-hydrogen) atoms. The van der Waals surface area contributed by atoms with E-state index >= 15 is 0 Å². The van der Waals surface area contributed by atoms with Gasteiger partial charge in [0.25, 0.3) is 0 Å². The molecule has 2 aromatic heterocycles. The van der Waals surface area contributed by atoms with E-state index < -0.39 is 0 Å². The van der Waals surface area contributed by atoms with E-state index in [0.29, 0.717) is 5.92 Å². The van der Waals surface area contributed by atoms with Crippen LogP contribution in [0.2, 0.25) is 0 Å². The van der Waals surface area contributed by atoms with E-state index in [2.05, 4.69) is 34.3 Å². The SMILES string of the molecule is CNc1cc2n[nH]c(C(C)C)c2cn1. The Balaban J connectivity index is 2.59. The average molecular weight is 190 g/mol. The number of aromatic nitrogens is 3. The van der Waals surface area contributed by atoms with Gasteiger partial charge < -0.3 is 5.32 Å². The largest absolute Gasteiger partial charge is 0.373 e. The summed E-state index contributed by atoms with van der Waals surface area (Å²) in [6.45, 7) is 4.28. The molecule has 0 fully saturated rings. The first-order valence-corrected chi connectivity index (χ1v) is 4.74. The quantitative estimate of drug-likeness (QED) is 0.762. The van der Waals surface area contributed by atoms with Crippen LogP contribution in [-0.2, 0) is 0 Å². The first-order chi connectivity index (χ1) is 6.72. The van der Waals surface area contributed by atoms with Gasteiger partial charge in [0.1, 0.15) is 5.82 Å². The molecule has 4 nitrogen and oxygen atoms in total. The molecule has 0 unspecified atom stereocenters. The maximum absolute atomic E-state index is 4.27. The van der Waals surface area contributed by atoms with E-state index in [9.17, 15) is 0 Å². The normalized spacial score (nSPS) is 11.1. The Bertz CT molecular complexity index is 444. The Kier molecular flexibility index (Phi) is 2.11. The van der Waals surface area contributed by atoms with E-state index in [-0.39, 0.29) is 0 Å². The van der Waals surface area contributed by atoms with Crippen LogP contribution < -0.4 is 5.32 Å². The number of hydrogen-bond donors (Lipinski definition) is 2. The van der Waals surface area contributed by atoms with Crippen LogP contribution in [0.4, 0.5) is 5.82 Å². The Labute approximate surface area is 82.7 Å². The summed E-state index contributed by atoms with van der Waals surface area (Å²) in [5, 5.41) is 11.4. The van der Waals surface area contributed by atoms with Crippen LogP contribution in [0.25, 0.3) is 10.9 Å². The maximum Gasteiger partial charge on any atom is 0.127 e. The highest BCUT2D eigenvalue weighted by Gasteiger charge is 2.09. The summed E-state index contributed by atoms with van der Waals surface area (Å²) in [6.07, 6.45) is 1.86. The zero-order valence-electron chi connectivity index (χ0n) is 8.63. The van der Waals surface area contributed by atoms with Gasteiger partial charge in [-0.1, -0.05) is 13.8 Å². The van der Waals surface area contributed by atoms with Gasteiger partial charge in [0.15, 0.2) is 0 Å². The molecule has 0 atom stereocenters. The second-order valence-corrected chi connectivity index (χ2v) is 3.63. The summed E-state index contributed by atoms with van der Waals surface area (Å²) in [5.41, 5.74) is 2.11. The number of hydrogen-bond acceptors (Lipinski definition) is 3. The van der Waals surface area contributed by atoms with Crippen molar-refractivity contribution in [2.45, 2.75) is 19.8 Å². The van der Waals surface area contributed by atoms with Gasteiger partial charge in [0, 0.05) is 30.4 Å². The number of fused-ring (bicyclic) bond motifs is 1. The van der Waals surface area contributed by atoms with Crippen molar-refractivity contribution in [2.24, 2.45) is 0 Å². The molecule has 2 rings (SSSR count). The lowest BCUT2D eigenvalue weighted by atomic mass is 10.1. The van der Waals surface area contributed by atoms with E-state index in [1.165, 1.54) is 0 Å². The second-order valence-electron chi connectivity index (χ2n) is 3.63. The van der Waals surface area contributed by atoms with Crippen molar-refractivity contribution in [1.29, 1.82) is 0 Å². The molecule has 2 N–H and O–H groups in total. The van der Waals surface area contributed by atoms with Crippen molar-refractivity contribution in [1.82, 2.24) is 15.2 Å². The number of rotatable bonds is 2. The topological polar surface area (TPSA) is 53.6 Å². The molecule has 0 amide bonds. The van der Waals surface area contributed by atoms with Crippen LogP contribution in [0, 0.1) is 0 Å². The van der Waals surface area contributed by atoms with Crippen LogP contribution in [0.15, 0.2) is 12.3 Å². The van der Waals surface area contributed by atoms with Crippen LogP contribution in [0.3, 0.4) is 0 Å². The van der Waals surface area contributed by atoms with Crippen LogP contribution >= 0.6 is 0 Å². The molecule has 0 spiro atoms. The summed E-state index contributed by atoms with van der Waals surface area (Å²) in [5.74, 6) is 1.29. The maximum atomic E-state index is 4.27. The molecule has 0 radical (unpaired) electrons. The van der Waals surface area contributed by atoms with E-state index in [4.69, 9.17) is 0 Å². The van der Waals surface area contributed by atoms with E-state index in [1.807, 2.05) is 19.3 Å². The molecular formula is C10H14N4. The predicted molar refractivity (Wildman–Crippen MR) is 57.5 cm³/mol. The molecule has 4 heteroatoms. The highest BCUT2D eigenvalue weighted by Crippen LogP contribution is 2.23. The lowest BCUT2D eigenvalue weighted by molar-refractivity contribution is 0.817. The summed E-state index contributed by atoms with van der Waals surface area (Å²) < 4.78 is 0. The lowest BCUT2D eigenvalue weighted by Gasteiger charge is -2.01. The van der Waals surface area contributed by atoms with Crippen molar-refractivity contribution >= 4 is 16.7 Å². The van der Waals surface area contributed by atoms with Crippen molar-refractivity contribution in [2.75, 3.05) is 12.4 Å². The van der Waals surface area contributed by atoms with Crippen LogP contribution in [0.1, 0.15) is 25.5 Å². The third kappa shape index (κ3) is 1.32. The molecule has 0 aliphatic carbocycles. The van der Waals surface area contributed by atoms with Gasteiger partial charge in [-0.05, 0) is 5.92 Å².